The third-order valence-electron chi connectivity index (χ3n) is 2.15. The Morgan fingerprint density at radius 1 is 1.62 bits per heavy atom. The average molecular weight is 222 g/mol. The Morgan fingerprint density at radius 2 is 2.31 bits per heavy atom. The van der Waals surface area contributed by atoms with Crippen LogP contribution in [0.5, 0.6) is 0 Å². The molecule has 1 rings (SSSR count). The molecule has 0 heterocycles. The number of hydrogen-bond acceptors (Lipinski definition) is 3. The minimum Gasteiger partial charge on any atom is -0.480 e. The van der Waals surface area contributed by atoms with E-state index in [1.807, 2.05) is 0 Å². The van der Waals surface area contributed by atoms with Gasteiger partial charge in [-0.2, -0.15) is 5.26 Å². The van der Waals surface area contributed by atoms with Crippen molar-refractivity contribution in [3.63, 3.8) is 0 Å². The molecule has 0 atom stereocenters. The van der Waals surface area contributed by atoms with Crippen molar-refractivity contribution >= 4 is 11.7 Å². The van der Waals surface area contributed by atoms with E-state index in [9.17, 15) is 9.18 Å². The summed E-state index contributed by atoms with van der Waals surface area (Å²) in [4.78, 5) is 12.0. The predicted octanol–water partition coefficient (Wildman–Crippen LogP) is 1.61. The van der Waals surface area contributed by atoms with Crippen molar-refractivity contribution < 1.29 is 14.3 Å². The van der Waals surface area contributed by atoms with Crippen molar-refractivity contribution in [3.05, 3.63) is 29.6 Å². The van der Waals surface area contributed by atoms with Crippen LogP contribution < -0.4 is 4.90 Å². The summed E-state index contributed by atoms with van der Waals surface area (Å²) >= 11 is 0. The summed E-state index contributed by atoms with van der Waals surface area (Å²) in [5, 5.41) is 17.5. The Morgan fingerprint density at radius 3 is 2.81 bits per heavy atom. The third kappa shape index (κ3) is 2.48. The first kappa shape index (κ1) is 12.0. The maximum atomic E-state index is 13.3. The monoisotopic (exact) mass is 222 g/mol. The van der Waals surface area contributed by atoms with Gasteiger partial charge in [0.1, 0.15) is 24.0 Å². The smallest absolute Gasteiger partial charge is 0.323 e. The Hall–Kier alpha value is -2.09. The highest BCUT2D eigenvalue weighted by Gasteiger charge is 2.15. The van der Waals surface area contributed by atoms with Crippen LogP contribution in [0.25, 0.3) is 0 Å². The van der Waals surface area contributed by atoms with Gasteiger partial charge in [0, 0.05) is 6.54 Å². The normalized spacial score (nSPS) is 9.56. The van der Waals surface area contributed by atoms with E-state index in [2.05, 4.69) is 0 Å². The van der Waals surface area contributed by atoms with Crippen LogP contribution in [0.3, 0.4) is 0 Å². The molecular weight excluding hydrogens is 211 g/mol. The lowest BCUT2D eigenvalue weighted by Gasteiger charge is -2.21. The number of hydrogen-bond donors (Lipinski definition) is 1. The summed E-state index contributed by atoms with van der Waals surface area (Å²) < 4.78 is 13.3. The van der Waals surface area contributed by atoms with Gasteiger partial charge in [-0.1, -0.05) is 6.07 Å². The number of halogens is 1. The van der Waals surface area contributed by atoms with E-state index >= 15 is 0 Å². The lowest BCUT2D eigenvalue weighted by Crippen LogP contribution is -2.30. The molecule has 0 fully saturated rings. The summed E-state index contributed by atoms with van der Waals surface area (Å²) in [6, 6.07) is 5.91. The van der Waals surface area contributed by atoms with Gasteiger partial charge >= 0.3 is 5.97 Å². The first-order chi connectivity index (χ1) is 7.60. The van der Waals surface area contributed by atoms with E-state index in [1.54, 1.807) is 13.0 Å². The van der Waals surface area contributed by atoms with Crippen LogP contribution in [0.4, 0.5) is 10.1 Å². The molecule has 0 aromatic heterocycles. The highest BCUT2D eigenvalue weighted by atomic mass is 19.1. The molecule has 5 heteroatoms. The molecule has 0 saturated carbocycles. The quantitative estimate of drug-likeness (QED) is 0.840. The van der Waals surface area contributed by atoms with Crippen LogP contribution in [0, 0.1) is 17.1 Å². The third-order valence-corrected chi connectivity index (χ3v) is 2.15. The number of likely N-dealkylation sites (N-methyl/N-ethyl adjacent to an activating group) is 1. The summed E-state index contributed by atoms with van der Waals surface area (Å²) in [6.07, 6.45) is 0. The molecule has 16 heavy (non-hydrogen) atoms. The number of aliphatic carboxylic acids is 1. The summed E-state index contributed by atoms with van der Waals surface area (Å²) in [5.41, 5.74) is 0.193. The number of nitriles is 1. The second-order valence-electron chi connectivity index (χ2n) is 3.15. The second kappa shape index (κ2) is 5.12. The highest BCUT2D eigenvalue weighted by Crippen LogP contribution is 2.21. The number of benzene rings is 1. The van der Waals surface area contributed by atoms with Gasteiger partial charge in [0.05, 0.1) is 5.69 Å². The average Bonchev–Trinajstić information content (AvgIpc) is 2.25. The maximum Gasteiger partial charge on any atom is 0.323 e. The summed E-state index contributed by atoms with van der Waals surface area (Å²) in [6.45, 7) is 1.88. The van der Waals surface area contributed by atoms with Crippen LogP contribution in [-0.2, 0) is 4.79 Å². The van der Waals surface area contributed by atoms with Gasteiger partial charge in [0.15, 0.2) is 0 Å². The molecule has 84 valence electrons. The molecular formula is C11H11FN2O2. The molecule has 0 saturated heterocycles. The van der Waals surface area contributed by atoms with E-state index in [4.69, 9.17) is 10.4 Å². The van der Waals surface area contributed by atoms with Crippen LogP contribution in [0.2, 0.25) is 0 Å². The van der Waals surface area contributed by atoms with Gasteiger partial charge in [0.2, 0.25) is 0 Å². The number of carbonyl (C=O) groups is 1. The molecule has 0 bridgehead atoms. The summed E-state index contributed by atoms with van der Waals surface area (Å²) in [7, 11) is 0. The minimum absolute atomic E-state index is 0.120. The van der Waals surface area contributed by atoms with Gasteiger partial charge in [-0.3, -0.25) is 4.79 Å². The van der Waals surface area contributed by atoms with Gasteiger partial charge in [-0.25, -0.2) is 4.39 Å². The zero-order valence-corrected chi connectivity index (χ0v) is 8.77. The van der Waals surface area contributed by atoms with Gasteiger partial charge in [-0.05, 0) is 19.1 Å². The number of rotatable bonds is 4. The Kier molecular flexibility index (Phi) is 3.84. The Labute approximate surface area is 92.5 Å². The fourth-order valence-electron chi connectivity index (χ4n) is 1.42. The molecule has 0 amide bonds. The SMILES string of the molecule is CCN(CC(=O)O)c1cccc(F)c1C#N. The van der Waals surface area contributed by atoms with Gasteiger partial charge in [0.25, 0.3) is 0 Å². The molecule has 1 N–H and O–H groups in total. The first-order valence-corrected chi connectivity index (χ1v) is 4.75. The standard InChI is InChI=1S/C11H11FN2O2/c1-2-14(7-11(15)16)10-5-3-4-9(12)8(10)6-13/h3-5H,2,7H2,1H3,(H,15,16). The van der Waals surface area contributed by atoms with Crippen molar-refractivity contribution in [3.8, 4) is 6.07 Å². The molecule has 0 unspecified atom stereocenters. The van der Waals surface area contributed by atoms with Crippen molar-refractivity contribution in [2.75, 3.05) is 18.0 Å². The molecule has 0 aliphatic heterocycles. The maximum absolute atomic E-state index is 13.3. The topological polar surface area (TPSA) is 64.3 Å². The van der Waals surface area contributed by atoms with Crippen LogP contribution >= 0.6 is 0 Å². The fraction of sp³-hybridized carbons (Fsp3) is 0.273. The van der Waals surface area contributed by atoms with Crippen LogP contribution in [-0.4, -0.2) is 24.2 Å². The highest BCUT2D eigenvalue weighted by molar-refractivity contribution is 5.75. The second-order valence-corrected chi connectivity index (χ2v) is 3.15. The van der Waals surface area contributed by atoms with Crippen molar-refractivity contribution in [2.45, 2.75) is 6.92 Å². The largest absolute Gasteiger partial charge is 0.480 e. The molecule has 1 aromatic rings. The van der Waals surface area contributed by atoms with Crippen molar-refractivity contribution in [1.29, 1.82) is 5.26 Å². The minimum atomic E-state index is -1.02. The van der Waals surface area contributed by atoms with E-state index < -0.39 is 11.8 Å². The molecule has 1 aromatic carbocycles. The molecule has 0 aliphatic rings. The van der Waals surface area contributed by atoms with Crippen LogP contribution in [0.15, 0.2) is 18.2 Å². The molecule has 4 nitrogen and oxygen atoms in total. The van der Waals surface area contributed by atoms with Gasteiger partial charge in [-0.15, -0.1) is 0 Å². The lowest BCUT2D eigenvalue weighted by atomic mass is 10.1. The van der Waals surface area contributed by atoms with Crippen LogP contribution in [0.1, 0.15) is 12.5 Å². The number of nitrogens with zero attached hydrogens (tertiary/aromatic N) is 2. The zero-order valence-electron chi connectivity index (χ0n) is 8.77. The van der Waals surface area contributed by atoms with E-state index in [1.165, 1.54) is 23.1 Å². The predicted molar refractivity (Wildman–Crippen MR) is 56.6 cm³/mol. The summed E-state index contributed by atoms with van der Waals surface area (Å²) in [5.74, 6) is -1.65. The Balaban J connectivity index is 3.15. The fourth-order valence-corrected chi connectivity index (χ4v) is 1.42. The lowest BCUT2D eigenvalue weighted by molar-refractivity contribution is -0.135. The molecule has 0 spiro atoms. The van der Waals surface area contributed by atoms with Gasteiger partial charge < -0.3 is 10.0 Å². The number of carboxylic acid groups (broad SMARTS) is 1. The molecule has 0 radical (unpaired) electrons. The first-order valence-electron chi connectivity index (χ1n) is 4.75. The van der Waals surface area contributed by atoms with Crippen molar-refractivity contribution in [1.82, 2.24) is 0 Å². The number of carboxylic acids is 1. The van der Waals surface area contributed by atoms with Crippen molar-refractivity contribution in [2.24, 2.45) is 0 Å². The van der Waals surface area contributed by atoms with E-state index in [0.29, 0.717) is 12.2 Å². The number of anilines is 1. The van der Waals surface area contributed by atoms with E-state index in [-0.39, 0.29) is 12.1 Å². The molecule has 0 aliphatic carbocycles. The Bertz CT molecular complexity index is 440. The van der Waals surface area contributed by atoms with E-state index in [0.717, 1.165) is 0 Å². The zero-order chi connectivity index (χ0) is 12.1.